The lowest BCUT2D eigenvalue weighted by molar-refractivity contribution is 1.05. The Morgan fingerprint density at radius 2 is 2.62 bits per heavy atom. The van der Waals surface area contributed by atoms with E-state index < -0.39 is 0 Å². The van der Waals surface area contributed by atoms with Crippen molar-refractivity contribution < 1.29 is 0 Å². The fourth-order valence-corrected chi connectivity index (χ4v) is 1.83. The maximum Gasteiger partial charge on any atom is 0.0737 e. The highest BCUT2D eigenvalue weighted by Crippen LogP contribution is 2.21. The van der Waals surface area contributed by atoms with Crippen molar-refractivity contribution in [1.82, 2.24) is 3.71 Å². The molecule has 0 bridgehead atoms. The molecule has 44 valence electrons. The Hall–Kier alpha value is 0.330. The molecule has 0 saturated heterocycles. The molecule has 0 aliphatic carbocycles. The molecule has 4 heteroatoms. The van der Waals surface area contributed by atoms with E-state index in [-0.39, 0.29) is 0 Å². The summed E-state index contributed by atoms with van der Waals surface area (Å²) in [6.07, 6.45) is 4.78. The van der Waals surface area contributed by atoms with Gasteiger partial charge in [0, 0.05) is 24.6 Å². The molecule has 0 unspecified atom stereocenters. The van der Waals surface area contributed by atoms with Crippen molar-refractivity contribution >= 4 is 41.2 Å². The number of hydrogen-bond acceptors (Lipinski definition) is 4. The van der Waals surface area contributed by atoms with E-state index in [1.54, 1.807) is 3.71 Å². The van der Waals surface area contributed by atoms with Crippen LogP contribution in [0.4, 0.5) is 0 Å². The normalized spacial score (nSPS) is 19.6. The van der Waals surface area contributed by atoms with Gasteiger partial charge >= 0.3 is 0 Å². The van der Waals surface area contributed by atoms with Crippen LogP contribution in [0.2, 0.25) is 0 Å². The zero-order valence-electron chi connectivity index (χ0n) is 4.07. The van der Waals surface area contributed by atoms with Gasteiger partial charge in [-0.05, 0) is 0 Å². The monoisotopic (exact) mass is 163 g/mol. The Labute approximate surface area is 63.8 Å². The largest absolute Gasteiger partial charge is 0.264 e. The lowest BCUT2D eigenvalue weighted by Gasteiger charge is -2.13. The second kappa shape index (κ2) is 2.75. The Morgan fingerprint density at radius 1 is 1.88 bits per heavy atom. The first-order chi connectivity index (χ1) is 3.79. The first-order valence-corrected chi connectivity index (χ1v) is 3.73. The van der Waals surface area contributed by atoms with Crippen molar-refractivity contribution in [3.05, 3.63) is 12.3 Å². The molecule has 0 aromatic heterocycles. The molecule has 1 aliphatic rings. The van der Waals surface area contributed by atoms with Gasteiger partial charge in [-0.3, -0.25) is 3.71 Å². The minimum atomic E-state index is 0.900. The molecule has 0 spiro atoms. The van der Waals surface area contributed by atoms with Crippen LogP contribution in [0, 0.1) is 0 Å². The molecule has 1 rings (SSSR count). The molecule has 0 aromatic carbocycles. The van der Waals surface area contributed by atoms with E-state index in [1.807, 2.05) is 12.3 Å². The van der Waals surface area contributed by atoms with Crippen LogP contribution in [0.1, 0.15) is 6.42 Å². The number of rotatable bonds is 0. The van der Waals surface area contributed by atoms with Gasteiger partial charge in [0.1, 0.15) is 0 Å². The molecule has 0 N–H and O–H groups in total. The molecular formula is C4H5NS3. The molecule has 0 aromatic rings. The molecule has 0 fully saturated rings. The van der Waals surface area contributed by atoms with Crippen LogP contribution in [-0.4, -0.2) is 7.91 Å². The van der Waals surface area contributed by atoms with E-state index in [0.717, 1.165) is 10.6 Å². The highest BCUT2D eigenvalue weighted by Gasteiger charge is 2.03. The van der Waals surface area contributed by atoms with Crippen molar-refractivity contribution in [2.75, 3.05) is 0 Å². The molecule has 1 nitrogen and oxygen atoms in total. The minimum absolute atomic E-state index is 0.900. The Kier molecular flexibility index (Phi) is 2.22. The van der Waals surface area contributed by atoms with Crippen molar-refractivity contribution in [1.29, 1.82) is 0 Å². The molecule has 0 amide bonds. The summed E-state index contributed by atoms with van der Waals surface area (Å²) in [5.74, 6) is 0. The van der Waals surface area contributed by atoms with E-state index in [1.165, 1.54) is 11.9 Å². The third-order valence-corrected chi connectivity index (χ3v) is 2.16. The van der Waals surface area contributed by atoms with Crippen LogP contribution in [0.25, 0.3) is 0 Å². The van der Waals surface area contributed by atoms with Crippen molar-refractivity contribution in [2.45, 2.75) is 6.42 Å². The predicted molar refractivity (Wildman–Crippen MR) is 44.8 cm³/mol. The topological polar surface area (TPSA) is 3.24 Å². The second-order valence-electron chi connectivity index (χ2n) is 1.35. The Bertz CT molecular complexity index is 131. The van der Waals surface area contributed by atoms with Gasteiger partial charge in [0.05, 0.1) is 4.20 Å². The smallest absolute Gasteiger partial charge is 0.0737 e. The first-order valence-electron chi connectivity index (χ1n) is 2.14. The number of allylic oxidation sites excluding steroid dienone is 1. The van der Waals surface area contributed by atoms with Gasteiger partial charge in [-0.25, -0.2) is 0 Å². The van der Waals surface area contributed by atoms with Crippen LogP contribution in [0.3, 0.4) is 0 Å². The standard InChI is InChI=1S/C4H5NS3/c6-4-2-1-3-5(7)8-4/h1,3,7H,2H2. The highest BCUT2D eigenvalue weighted by atomic mass is 32.2. The van der Waals surface area contributed by atoms with E-state index in [4.69, 9.17) is 12.2 Å². The van der Waals surface area contributed by atoms with Crippen LogP contribution >= 0.6 is 37.0 Å². The zero-order valence-corrected chi connectivity index (χ0v) is 6.60. The van der Waals surface area contributed by atoms with E-state index in [2.05, 4.69) is 12.8 Å². The lowest BCUT2D eigenvalue weighted by atomic mass is 10.5. The summed E-state index contributed by atoms with van der Waals surface area (Å²) in [5.41, 5.74) is 0. The molecular weight excluding hydrogens is 158 g/mol. The van der Waals surface area contributed by atoms with Crippen molar-refractivity contribution in [3.8, 4) is 0 Å². The summed E-state index contributed by atoms with van der Waals surface area (Å²) in [6, 6.07) is 0. The summed E-state index contributed by atoms with van der Waals surface area (Å²) in [4.78, 5) is 0. The van der Waals surface area contributed by atoms with Gasteiger partial charge in [-0.2, -0.15) is 0 Å². The third-order valence-electron chi connectivity index (χ3n) is 0.713. The molecule has 1 heterocycles. The average Bonchev–Trinajstić information content (AvgIpc) is 1.64. The summed E-state index contributed by atoms with van der Waals surface area (Å²) in [6.45, 7) is 0. The number of nitrogens with zero attached hydrogens (tertiary/aromatic N) is 1. The minimum Gasteiger partial charge on any atom is -0.264 e. The van der Waals surface area contributed by atoms with E-state index in [0.29, 0.717) is 0 Å². The van der Waals surface area contributed by atoms with Gasteiger partial charge in [-0.1, -0.05) is 31.1 Å². The summed E-state index contributed by atoms with van der Waals surface area (Å²) in [7, 11) is 0. The fraction of sp³-hybridized carbons (Fsp3) is 0.250. The maximum absolute atomic E-state index is 4.90. The zero-order chi connectivity index (χ0) is 5.98. The van der Waals surface area contributed by atoms with Crippen LogP contribution < -0.4 is 0 Å². The van der Waals surface area contributed by atoms with Crippen molar-refractivity contribution in [2.24, 2.45) is 0 Å². The SMILES string of the molecule is S=C1CC=CN(S)S1. The Morgan fingerprint density at radius 3 is 3.00 bits per heavy atom. The third kappa shape index (κ3) is 1.69. The van der Waals surface area contributed by atoms with Gasteiger partial charge in [0.25, 0.3) is 0 Å². The molecule has 8 heavy (non-hydrogen) atoms. The highest BCUT2D eigenvalue weighted by molar-refractivity contribution is 8.25. The van der Waals surface area contributed by atoms with E-state index in [9.17, 15) is 0 Å². The first kappa shape index (κ1) is 6.45. The number of hydrogen-bond donors (Lipinski definition) is 1. The second-order valence-corrected chi connectivity index (χ2v) is 3.88. The predicted octanol–water partition coefficient (Wildman–Crippen LogP) is 2.03. The lowest BCUT2D eigenvalue weighted by Crippen LogP contribution is -2.01. The Balaban J connectivity index is 2.54. The van der Waals surface area contributed by atoms with Gasteiger partial charge in [0.15, 0.2) is 0 Å². The fourth-order valence-electron chi connectivity index (χ4n) is 0.411. The van der Waals surface area contributed by atoms with Crippen molar-refractivity contribution in [3.63, 3.8) is 0 Å². The van der Waals surface area contributed by atoms with E-state index >= 15 is 0 Å². The molecule has 0 atom stereocenters. The average molecular weight is 163 g/mol. The quantitative estimate of drug-likeness (QED) is 0.331. The summed E-state index contributed by atoms with van der Waals surface area (Å²) >= 11 is 10.4. The number of thiocarbonyl (C=S) groups is 1. The molecule has 0 saturated carbocycles. The maximum atomic E-state index is 4.90. The summed E-state index contributed by atoms with van der Waals surface area (Å²) in [5, 5.41) is 0. The van der Waals surface area contributed by atoms with Gasteiger partial charge in [-0.15, -0.1) is 0 Å². The van der Waals surface area contributed by atoms with Gasteiger partial charge in [0.2, 0.25) is 0 Å². The number of thiol groups is 1. The molecule has 0 radical (unpaired) electrons. The molecule has 1 aliphatic heterocycles. The van der Waals surface area contributed by atoms with Gasteiger partial charge < -0.3 is 0 Å². The van der Waals surface area contributed by atoms with Crippen LogP contribution in [0.5, 0.6) is 0 Å². The van der Waals surface area contributed by atoms with Crippen LogP contribution in [-0.2, 0) is 0 Å². The van der Waals surface area contributed by atoms with Crippen LogP contribution in [0.15, 0.2) is 12.3 Å². The summed E-state index contributed by atoms with van der Waals surface area (Å²) < 4.78 is 2.67.